The van der Waals surface area contributed by atoms with Crippen molar-refractivity contribution in [3.05, 3.63) is 47.8 Å². The van der Waals surface area contributed by atoms with Crippen molar-refractivity contribution >= 4 is 0 Å². The first kappa shape index (κ1) is 9.93. The van der Waals surface area contributed by atoms with E-state index in [0.29, 0.717) is 0 Å². The van der Waals surface area contributed by atoms with Gasteiger partial charge in [-0.2, -0.15) is 5.10 Å². The largest absolute Gasteiger partial charge is 0.316 e. The van der Waals surface area contributed by atoms with Crippen LogP contribution in [0.25, 0.3) is 5.69 Å². The molecule has 1 aromatic carbocycles. The minimum Gasteiger partial charge on any atom is -0.316 e. The number of hydrogen-bond donors (Lipinski definition) is 1. The molecule has 2 aromatic rings. The molecule has 0 spiro atoms. The van der Waals surface area contributed by atoms with Crippen molar-refractivity contribution in [2.75, 3.05) is 7.05 Å². The summed E-state index contributed by atoms with van der Waals surface area (Å²) in [5, 5.41) is 7.42. The van der Waals surface area contributed by atoms with Crippen LogP contribution in [0.5, 0.6) is 0 Å². The lowest BCUT2D eigenvalue weighted by Crippen LogP contribution is -2.05. The van der Waals surface area contributed by atoms with Crippen molar-refractivity contribution in [2.45, 2.75) is 13.5 Å². The molecule has 0 amide bonds. The third-order valence-electron chi connectivity index (χ3n) is 2.27. The Hall–Kier alpha value is -1.61. The molecular formula is C12H15N3. The van der Waals surface area contributed by atoms with Gasteiger partial charge in [-0.05, 0) is 37.2 Å². The van der Waals surface area contributed by atoms with E-state index in [1.54, 1.807) is 0 Å². The third-order valence-corrected chi connectivity index (χ3v) is 2.27. The molecule has 15 heavy (non-hydrogen) atoms. The highest BCUT2D eigenvalue weighted by molar-refractivity contribution is 5.35. The SMILES string of the molecule is CNCc1cccc(-n2cc(C)cn2)c1. The van der Waals surface area contributed by atoms with Crippen LogP contribution in [0.1, 0.15) is 11.1 Å². The fourth-order valence-electron chi connectivity index (χ4n) is 1.57. The lowest BCUT2D eigenvalue weighted by atomic mass is 10.2. The number of aryl methyl sites for hydroxylation is 1. The number of benzene rings is 1. The summed E-state index contributed by atoms with van der Waals surface area (Å²) in [6.07, 6.45) is 3.89. The fraction of sp³-hybridized carbons (Fsp3) is 0.250. The maximum atomic E-state index is 4.28. The average Bonchev–Trinajstić information content (AvgIpc) is 2.66. The zero-order valence-corrected chi connectivity index (χ0v) is 9.07. The summed E-state index contributed by atoms with van der Waals surface area (Å²) in [7, 11) is 1.95. The molecule has 0 saturated carbocycles. The van der Waals surface area contributed by atoms with E-state index in [2.05, 4.69) is 34.7 Å². The van der Waals surface area contributed by atoms with Crippen molar-refractivity contribution < 1.29 is 0 Å². The number of nitrogens with zero attached hydrogens (tertiary/aromatic N) is 2. The van der Waals surface area contributed by atoms with E-state index in [4.69, 9.17) is 0 Å². The maximum absolute atomic E-state index is 4.28. The highest BCUT2D eigenvalue weighted by atomic mass is 15.3. The van der Waals surface area contributed by atoms with E-state index in [1.807, 2.05) is 31.0 Å². The minimum absolute atomic E-state index is 0.883. The molecule has 2 rings (SSSR count). The molecule has 0 atom stereocenters. The first-order valence-corrected chi connectivity index (χ1v) is 5.05. The zero-order chi connectivity index (χ0) is 10.7. The van der Waals surface area contributed by atoms with Gasteiger partial charge in [0.25, 0.3) is 0 Å². The molecule has 0 bridgehead atoms. The van der Waals surface area contributed by atoms with E-state index < -0.39 is 0 Å². The van der Waals surface area contributed by atoms with E-state index in [1.165, 1.54) is 11.1 Å². The topological polar surface area (TPSA) is 29.9 Å². The summed E-state index contributed by atoms with van der Waals surface area (Å²) in [5.74, 6) is 0. The van der Waals surface area contributed by atoms with Gasteiger partial charge >= 0.3 is 0 Å². The Kier molecular flexibility index (Phi) is 2.83. The van der Waals surface area contributed by atoms with Gasteiger partial charge < -0.3 is 5.32 Å². The quantitative estimate of drug-likeness (QED) is 0.822. The third kappa shape index (κ3) is 2.25. The predicted molar refractivity (Wildman–Crippen MR) is 61.1 cm³/mol. The van der Waals surface area contributed by atoms with Gasteiger partial charge in [-0.3, -0.25) is 0 Å². The maximum Gasteiger partial charge on any atom is 0.0648 e. The highest BCUT2D eigenvalue weighted by Gasteiger charge is 1.98. The Bertz CT molecular complexity index is 446. The second-order valence-corrected chi connectivity index (χ2v) is 3.66. The predicted octanol–water partition coefficient (Wildman–Crippen LogP) is 1.90. The monoisotopic (exact) mass is 201 g/mol. The lowest BCUT2D eigenvalue weighted by Gasteiger charge is -2.04. The Labute approximate surface area is 89.7 Å². The van der Waals surface area contributed by atoms with E-state index >= 15 is 0 Å². The second kappa shape index (κ2) is 4.28. The minimum atomic E-state index is 0.883. The van der Waals surface area contributed by atoms with Crippen LogP contribution in [0, 0.1) is 6.92 Å². The van der Waals surface area contributed by atoms with Crippen molar-refractivity contribution in [2.24, 2.45) is 0 Å². The fourth-order valence-corrected chi connectivity index (χ4v) is 1.57. The molecule has 0 aliphatic carbocycles. The molecule has 0 aliphatic rings. The molecule has 3 heteroatoms. The Morgan fingerprint density at radius 1 is 1.40 bits per heavy atom. The van der Waals surface area contributed by atoms with Gasteiger partial charge in [0.2, 0.25) is 0 Å². The van der Waals surface area contributed by atoms with Crippen LogP contribution in [-0.2, 0) is 6.54 Å². The van der Waals surface area contributed by atoms with Crippen LogP contribution in [0.2, 0.25) is 0 Å². The first-order chi connectivity index (χ1) is 7.29. The van der Waals surface area contributed by atoms with Crippen LogP contribution in [0.4, 0.5) is 0 Å². The molecule has 0 unspecified atom stereocenters. The Morgan fingerprint density at radius 2 is 2.27 bits per heavy atom. The molecular weight excluding hydrogens is 186 g/mol. The van der Waals surface area contributed by atoms with Crippen LogP contribution in [0.3, 0.4) is 0 Å². The molecule has 0 radical (unpaired) electrons. The summed E-state index contributed by atoms with van der Waals surface area (Å²) in [6.45, 7) is 2.93. The standard InChI is InChI=1S/C12H15N3/c1-10-7-14-15(9-10)12-5-3-4-11(6-12)8-13-2/h3-7,9,13H,8H2,1-2H3. The van der Waals surface area contributed by atoms with E-state index in [9.17, 15) is 0 Å². The summed E-state index contributed by atoms with van der Waals surface area (Å²) >= 11 is 0. The van der Waals surface area contributed by atoms with Crippen LogP contribution >= 0.6 is 0 Å². The highest BCUT2D eigenvalue weighted by Crippen LogP contribution is 2.10. The smallest absolute Gasteiger partial charge is 0.0648 e. The molecule has 3 nitrogen and oxygen atoms in total. The summed E-state index contributed by atoms with van der Waals surface area (Å²) < 4.78 is 1.90. The van der Waals surface area contributed by atoms with Gasteiger partial charge in [0.15, 0.2) is 0 Å². The summed E-state index contributed by atoms with van der Waals surface area (Å²) in [6, 6.07) is 8.36. The molecule has 78 valence electrons. The lowest BCUT2D eigenvalue weighted by molar-refractivity contribution is 0.811. The summed E-state index contributed by atoms with van der Waals surface area (Å²) in [5.41, 5.74) is 3.55. The molecule has 1 aromatic heterocycles. The number of hydrogen-bond acceptors (Lipinski definition) is 2. The molecule has 0 aliphatic heterocycles. The first-order valence-electron chi connectivity index (χ1n) is 5.05. The van der Waals surface area contributed by atoms with Crippen molar-refractivity contribution in [3.8, 4) is 5.69 Å². The van der Waals surface area contributed by atoms with Gasteiger partial charge in [0, 0.05) is 12.7 Å². The van der Waals surface area contributed by atoms with Gasteiger partial charge in [0.05, 0.1) is 11.9 Å². The number of aromatic nitrogens is 2. The number of rotatable bonds is 3. The van der Waals surface area contributed by atoms with Gasteiger partial charge in [-0.15, -0.1) is 0 Å². The van der Waals surface area contributed by atoms with E-state index in [-0.39, 0.29) is 0 Å². The molecule has 1 heterocycles. The van der Waals surface area contributed by atoms with Gasteiger partial charge in [0.1, 0.15) is 0 Å². The molecule has 0 fully saturated rings. The van der Waals surface area contributed by atoms with Gasteiger partial charge in [-0.1, -0.05) is 12.1 Å². The second-order valence-electron chi connectivity index (χ2n) is 3.66. The van der Waals surface area contributed by atoms with E-state index in [0.717, 1.165) is 12.2 Å². The number of nitrogens with one attached hydrogen (secondary N) is 1. The van der Waals surface area contributed by atoms with Crippen molar-refractivity contribution in [1.29, 1.82) is 0 Å². The van der Waals surface area contributed by atoms with Crippen molar-refractivity contribution in [3.63, 3.8) is 0 Å². The van der Waals surface area contributed by atoms with Crippen molar-refractivity contribution in [1.82, 2.24) is 15.1 Å². The Balaban J connectivity index is 2.32. The van der Waals surface area contributed by atoms with Gasteiger partial charge in [-0.25, -0.2) is 4.68 Å². The summed E-state index contributed by atoms with van der Waals surface area (Å²) in [4.78, 5) is 0. The zero-order valence-electron chi connectivity index (χ0n) is 9.07. The van der Waals surface area contributed by atoms with Crippen LogP contribution < -0.4 is 5.32 Å². The normalized spacial score (nSPS) is 10.5. The average molecular weight is 201 g/mol. The van der Waals surface area contributed by atoms with Crippen LogP contribution in [-0.4, -0.2) is 16.8 Å². The molecule has 1 N–H and O–H groups in total. The van der Waals surface area contributed by atoms with Crippen LogP contribution in [0.15, 0.2) is 36.7 Å². The Morgan fingerprint density at radius 3 is 2.93 bits per heavy atom. The molecule has 0 saturated heterocycles.